The molecule has 3 heterocycles. The summed E-state index contributed by atoms with van der Waals surface area (Å²) in [4.78, 5) is 38.1. The molecule has 2 saturated heterocycles. The quantitative estimate of drug-likeness (QED) is 0.503. The van der Waals surface area contributed by atoms with Crippen LogP contribution >= 0.6 is 0 Å². The van der Waals surface area contributed by atoms with Crippen LogP contribution in [0.1, 0.15) is 44.7 Å². The third-order valence-corrected chi connectivity index (χ3v) is 6.54. The molecule has 0 bridgehead atoms. The van der Waals surface area contributed by atoms with E-state index in [4.69, 9.17) is 24.5 Å². The number of aliphatic hydroxyl groups excluding tert-OH is 1. The van der Waals surface area contributed by atoms with Gasteiger partial charge in [0.2, 0.25) is 5.91 Å². The Hall–Kier alpha value is -2.54. The molecule has 1 aromatic rings. The van der Waals surface area contributed by atoms with E-state index in [2.05, 4.69) is 21.9 Å². The first-order valence-electron chi connectivity index (χ1n) is 12.3. The van der Waals surface area contributed by atoms with E-state index in [0.29, 0.717) is 13.2 Å². The molecule has 1 saturated carbocycles. The topological polar surface area (TPSA) is 149 Å². The number of hydrogen-bond acceptors (Lipinski definition) is 8. The minimum atomic E-state index is -0.833. The minimum absolute atomic E-state index is 0.0634. The molecule has 3 aliphatic rings. The van der Waals surface area contributed by atoms with Crippen molar-refractivity contribution in [3.8, 4) is 0 Å². The Morgan fingerprint density at radius 3 is 2.22 bits per heavy atom. The van der Waals surface area contributed by atoms with Gasteiger partial charge in [-0.3, -0.25) is 24.0 Å². The van der Waals surface area contributed by atoms with Crippen LogP contribution < -0.4 is 0 Å². The molecule has 1 aromatic heterocycles. The third kappa shape index (κ3) is 8.84. The molecule has 2 atom stereocenters. The first kappa shape index (κ1) is 29.7. The highest BCUT2D eigenvalue weighted by Gasteiger charge is 2.53. The molecular formula is C24H41N5O7. The van der Waals surface area contributed by atoms with Crippen LogP contribution in [0.15, 0.2) is 12.4 Å². The molecule has 1 aliphatic carbocycles. The molecule has 4 rings (SSSR count). The number of aromatic nitrogens is 2. The van der Waals surface area contributed by atoms with Gasteiger partial charge in [0.1, 0.15) is 0 Å². The van der Waals surface area contributed by atoms with Gasteiger partial charge >= 0.3 is 0 Å². The van der Waals surface area contributed by atoms with Gasteiger partial charge in [0, 0.05) is 58.8 Å². The third-order valence-electron chi connectivity index (χ3n) is 6.54. The summed E-state index contributed by atoms with van der Waals surface area (Å²) in [6, 6.07) is -0.153. The number of rotatable bonds is 5. The number of carbonyl (C=O) groups is 3. The van der Waals surface area contributed by atoms with Gasteiger partial charge < -0.3 is 29.9 Å². The van der Waals surface area contributed by atoms with Crippen molar-refractivity contribution < 1.29 is 34.4 Å². The SMILES string of the molecule is CC(=O)O.CC(=O)O.CN1CCCN(C[C@@H]2OCCN(C(=O)C3(CO)CC3)[C@H]2c2cnn(C)c2)CC1. The number of nitrogens with zero attached hydrogens (tertiary/aromatic N) is 5. The fourth-order valence-electron chi connectivity index (χ4n) is 4.53. The van der Waals surface area contributed by atoms with Crippen molar-refractivity contribution in [1.82, 2.24) is 24.5 Å². The molecule has 1 amide bonds. The summed E-state index contributed by atoms with van der Waals surface area (Å²) in [7, 11) is 4.07. The maximum Gasteiger partial charge on any atom is 0.300 e. The highest BCUT2D eigenvalue weighted by atomic mass is 16.5. The van der Waals surface area contributed by atoms with E-state index in [0.717, 1.165) is 71.4 Å². The maximum atomic E-state index is 13.3. The standard InChI is InChI=1S/C20H33N5O3.2C2H4O2/c1-22-6-3-7-24(9-8-22)14-17-18(16-12-21-23(2)13-16)25(10-11-28-17)19(27)20(15-26)4-5-20;2*1-2(3)4/h12-13,17-18,26H,3-11,14-15H2,1-2H3;2*1H3,(H,3,4)/t17-,18-;;/m0../s1. The van der Waals surface area contributed by atoms with Crippen LogP contribution in [0.3, 0.4) is 0 Å². The van der Waals surface area contributed by atoms with Crippen molar-refractivity contribution in [2.45, 2.75) is 45.3 Å². The molecule has 12 nitrogen and oxygen atoms in total. The number of likely N-dealkylation sites (N-methyl/N-ethyl adjacent to an activating group) is 1. The highest BCUT2D eigenvalue weighted by molar-refractivity contribution is 5.86. The maximum absolute atomic E-state index is 13.3. The Bertz CT molecular complexity index is 853. The summed E-state index contributed by atoms with van der Waals surface area (Å²) in [6.07, 6.45) is 6.46. The van der Waals surface area contributed by atoms with Crippen molar-refractivity contribution in [3.05, 3.63) is 18.0 Å². The van der Waals surface area contributed by atoms with Gasteiger partial charge in [-0.05, 0) is 39.4 Å². The van der Waals surface area contributed by atoms with E-state index in [-0.39, 0.29) is 24.7 Å². The van der Waals surface area contributed by atoms with Crippen molar-refractivity contribution in [3.63, 3.8) is 0 Å². The lowest BCUT2D eigenvalue weighted by molar-refractivity contribution is -0.155. The summed E-state index contributed by atoms with van der Waals surface area (Å²) >= 11 is 0. The largest absolute Gasteiger partial charge is 0.481 e. The Kier molecular flexibility index (Phi) is 11.3. The van der Waals surface area contributed by atoms with Gasteiger partial charge in [-0.25, -0.2) is 0 Å². The fourth-order valence-corrected chi connectivity index (χ4v) is 4.53. The lowest BCUT2D eigenvalue weighted by Crippen LogP contribution is -2.54. The average molecular weight is 512 g/mol. The van der Waals surface area contributed by atoms with E-state index in [1.165, 1.54) is 0 Å². The van der Waals surface area contributed by atoms with E-state index in [1.807, 2.05) is 24.3 Å². The van der Waals surface area contributed by atoms with Crippen LogP contribution in [0, 0.1) is 5.41 Å². The summed E-state index contributed by atoms with van der Waals surface area (Å²) in [5.41, 5.74) is 0.453. The summed E-state index contributed by atoms with van der Waals surface area (Å²) in [5, 5.41) is 29.0. The first-order valence-corrected chi connectivity index (χ1v) is 12.3. The van der Waals surface area contributed by atoms with E-state index in [9.17, 15) is 9.90 Å². The normalized spacial score (nSPS) is 23.9. The molecule has 36 heavy (non-hydrogen) atoms. The van der Waals surface area contributed by atoms with E-state index < -0.39 is 17.4 Å². The average Bonchev–Trinajstić information content (AvgIpc) is 3.53. The Labute approximate surface area is 212 Å². The van der Waals surface area contributed by atoms with Gasteiger partial charge in [0.15, 0.2) is 0 Å². The highest BCUT2D eigenvalue weighted by Crippen LogP contribution is 2.48. The number of carboxylic acid groups (broad SMARTS) is 2. The zero-order valence-corrected chi connectivity index (χ0v) is 21.8. The predicted molar refractivity (Wildman–Crippen MR) is 131 cm³/mol. The second kappa shape index (κ2) is 13.7. The second-order valence-electron chi connectivity index (χ2n) is 9.73. The van der Waals surface area contributed by atoms with Crippen LogP contribution in [0.5, 0.6) is 0 Å². The molecule has 0 spiro atoms. The molecule has 0 radical (unpaired) electrons. The number of aliphatic carboxylic acids is 2. The molecule has 3 N–H and O–H groups in total. The van der Waals surface area contributed by atoms with Crippen LogP contribution in [-0.2, 0) is 26.2 Å². The van der Waals surface area contributed by atoms with Crippen molar-refractivity contribution >= 4 is 17.8 Å². The molecule has 12 heteroatoms. The molecule has 204 valence electrons. The van der Waals surface area contributed by atoms with Gasteiger partial charge in [0.25, 0.3) is 11.9 Å². The number of morpholine rings is 1. The van der Waals surface area contributed by atoms with E-state index in [1.54, 1.807) is 4.68 Å². The molecule has 0 aromatic carbocycles. The van der Waals surface area contributed by atoms with Gasteiger partial charge in [-0.2, -0.15) is 5.10 Å². The Morgan fingerprint density at radius 2 is 1.69 bits per heavy atom. The van der Waals surface area contributed by atoms with Gasteiger partial charge in [0.05, 0.1) is 37.0 Å². The summed E-state index contributed by atoms with van der Waals surface area (Å²) in [5.74, 6) is -1.59. The van der Waals surface area contributed by atoms with Crippen molar-refractivity contribution in [2.24, 2.45) is 12.5 Å². The summed E-state index contributed by atoms with van der Waals surface area (Å²) in [6.45, 7) is 8.28. The first-order chi connectivity index (χ1) is 17.0. The second-order valence-corrected chi connectivity index (χ2v) is 9.73. The Balaban J connectivity index is 0.000000501. The Morgan fingerprint density at radius 1 is 1.06 bits per heavy atom. The predicted octanol–water partition coefficient (Wildman–Crippen LogP) is 0.280. The molecule has 3 fully saturated rings. The number of aliphatic hydroxyl groups is 1. The lowest BCUT2D eigenvalue weighted by atomic mass is 9.97. The lowest BCUT2D eigenvalue weighted by Gasteiger charge is -2.43. The van der Waals surface area contributed by atoms with Crippen LogP contribution in [0.25, 0.3) is 0 Å². The van der Waals surface area contributed by atoms with Crippen LogP contribution in [0.4, 0.5) is 0 Å². The molecule has 0 unspecified atom stereocenters. The zero-order chi connectivity index (χ0) is 26.9. The van der Waals surface area contributed by atoms with Gasteiger partial charge in [-0.1, -0.05) is 0 Å². The monoisotopic (exact) mass is 511 g/mol. The number of aryl methyl sites for hydroxylation is 1. The fraction of sp³-hybridized carbons (Fsp3) is 0.750. The number of hydrogen-bond donors (Lipinski definition) is 3. The smallest absolute Gasteiger partial charge is 0.300 e. The van der Waals surface area contributed by atoms with Crippen LogP contribution in [0.2, 0.25) is 0 Å². The van der Waals surface area contributed by atoms with Gasteiger partial charge in [-0.15, -0.1) is 0 Å². The van der Waals surface area contributed by atoms with Crippen LogP contribution in [-0.4, -0.2) is 123 Å². The van der Waals surface area contributed by atoms with E-state index >= 15 is 0 Å². The molecule has 2 aliphatic heterocycles. The zero-order valence-electron chi connectivity index (χ0n) is 21.8. The van der Waals surface area contributed by atoms with Crippen molar-refractivity contribution in [1.29, 1.82) is 0 Å². The number of carbonyl (C=O) groups excluding carboxylic acids is 1. The number of carboxylic acids is 2. The minimum Gasteiger partial charge on any atom is -0.481 e. The summed E-state index contributed by atoms with van der Waals surface area (Å²) < 4.78 is 8.00. The molecular weight excluding hydrogens is 470 g/mol. The number of ether oxygens (including phenoxy) is 1. The van der Waals surface area contributed by atoms with Crippen molar-refractivity contribution in [2.75, 3.05) is 59.5 Å². The number of amides is 1.